The topological polar surface area (TPSA) is 43.4 Å². The fraction of sp³-hybridized carbons (Fsp3) is 0.600. The first-order valence-corrected chi connectivity index (χ1v) is 13.0. The van der Waals surface area contributed by atoms with Crippen LogP contribution >= 0.6 is 10.8 Å². The van der Waals surface area contributed by atoms with Crippen LogP contribution in [0.3, 0.4) is 0 Å². The molecule has 0 radical (unpaired) electrons. The Bertz CT molecular complexity index is 558. The van der Waals surface area contributed by atoms with Gasteiger partial charge in [0, 0.05) is 12.4 Å². The standard InChI is InChI=1S/C15H26O3S2Si/c1-13-7-9-14(10-8-13)20(16,17)19-12-11-18-21(5,6)15(2,3)4/h7-10H,11-12H2,1-6H3. The van der Waals surface area contributed by atoms with Gasteiger partial charge in [-0.3, -0.25) is 0 Å². The molecule has 0 heterocycles. The fourth-order valence-corrected chi connectivity index (χ4v) is 5.20. The van der Waals surface area contributed by atoms with Gasteiger partial charge in [0.25, 0.3) is 0 Å². The van der Waals surface area contributed by atoms with Crippen molar-refractivity contribution >= 4 is 28.0 Å². The van der Waals surface area contributed by atoms with Crippen LogP contribution in [0.1, 0.15) is 26.3 Å². The molecule has 0 spiro atoms. The molecule has 0 aliphatic carbocycles. The minimum atomic E-state index is -3.28. The van der Waals surface area contributed by atoms with Crippen LogP contribution in [0.4, 0.5) is 0 Å². The maximum Gasteiger partial charge on any atom is 0.230 e. The van der Waals surface area contributed by atoms with Crippen LogP contribution < -0.4 is 0 Å². The lowest BCUT2D eigenvalue weighted by atomic mass is 10.2. The Labute approximate surface area is 133 Å². The summed E-state index contributed by atoms with van der Waals surface area (Å²) in [4.78, 5) is 0.366. The summed E-state index contributed by atoms with van der Waals surface area (Å²) in [5.74, 6) is 0.461. The molecule has 0 amide bonds. The van der Waals surface area contributed by atoms with Crippen molar-refractivity contribution in [2.75, 3.05) is 12.4 Å². The van der Waals surface area contributed by atoms with Crippen molar-refractivity contribution in [3.8, 4) is 0 Å². The van der Waals surface area contributed by atoms with Crippen LogP contribution in [0.5, 0.6) is 0 Å². The normalized spacial score (nSPS) is 13.4. The molecule has 120 valence electrons. The second-order valence-corrected chi connectivity index (χ2v) is 15.6. The summed E-state index contributed by atoms with van der Waals surface area (Å²) >= 11 is 0. The molecule has 0 fully saturated rings. The lowest BCUT2D eigenvalue weighted by molar-refractivity contribution is 0.311. The first-order chi connectivity index (χ1) is 9.46. The molecule has 21 heavy (non-hydrogen) atoms. The van der Waals surface area contributed by atoms with E-state index in [1.807, 2.05) is 19.1 Å². The van der Waals surface area contributed by atoms with E-state index in [-0.39, 0.29) is 5.04 Å². The number of benzene rings is 1. The Morgan fingerprint density at radius 3 is 2.14 bits per heavy atom. The zero-order valence-electron chi connectivity index (χ0n) is 13.8. The van der Waals surface area contributed by atoms with Gasteiger partial charge in [-0.25, -0.2) is 8.42 Å². The monoisotopic (exact) mass is 346 g/mol. The van der Waals surface area contributed by atoms with Gasteiger partial charge in [0.05, 0.1) is 4.90 Å². The van der Waals surface area contributed by atoms with Crippen molar-refractivity contribution in [2.45, 2.75) is 50.7 Å². The van der Waals surface area contributed by atoms with Crippen molar-refractivity contribution in [1.29, 1.82) is 0 Å². The number of aryl methyl sites for hydroxylation is 1. The first-order valence-electron chi connectivity index (χ1n) is 7.06. The van der Waals surface area contributed by atoms with E-state index in [0.717, 1.165) is 16.4 Å². The first kappa shape index (κ1) is 18.7. The smallest absolute Gasteiger partial charge is 0.230 e. The Morgan fingerprint density at radius 1 is 1.14 bits per heavy atom. The van der Waals surface area contributed by atoms with E-state index in [1.54, 1.807) is 12.1 Å². The quantitative estimate of drug-likeness (QED) is 0.434. The predicted molar refractivity (Wildman–Crippen MR) is 94.0 cm³/mol. The molecule has 3 nitrogen and oxygen atoms in total. The van der Waals surface area contributed by atoms with Gasteiger partial charge in [0.1, 0.15) is 0 Å². The fourth-order valence-electron chi connectivity index (χ4n) is 1.43. The lowest BCUT2D eigenvalue weighted by Gasteiger charge is -2.36. The molecule has 0 aromatic heterocycles. The molecule has 1 rings (SSSR count). The summed E-state index contributed by atoms with van der Waals surface area (Å²) in [6.07, 6.45) is 0. The van der Waals surface area contributed by atoms with Gasteiger partial charge in [-0.1, -0.05) is 38.5 Å². The maximum absolute atomic E-state index is 12.2. The van der Waals surface area contributed by atoms with Crippen LogP contribution in [-0.4, -0.2) is 29.1 Å². The number of hydrogen-bond acceptors (Lipinski definition) is 4. The molecule has 0 atom stereocenters. The van der Waals surface area contributed by atoms with Gasteiger partial charge in [-0.05, 0) is 48.0 Å². The Kier molecular flexibility index (Phi) is 6.12. The SMILES string of the molecule is Cc1ccc(S(=O)(=O)SCCO[Si](C)(C)C(C)(C)C)cc1. The molecule has 0 saturated carbocycles. The molecule has 1 aromatic carbocycles. The Hall–Kier alpha value is -0.303. The van der Waals surface area contributed by atoms with E-state index in [9.17, 15) is 8.42 Å². The minimum Gasteiger partial charge on any atom is -0.416 e. The molecule has 1 aromatic rings. The molecular formula is C15H26O3S2Si. The van der Waals surface area contributed by atoms with Gasteiger partial charge in [0.2, 0.25) is 8.87 Å². The zero-order chi connectivity index (χ0) is 16.3. The van der Waals surface area contributed by atoms with E-state index in [1.165, 1.54) is 0 Å². The summed E-state index contributed by atoms with van der Waals surface area (Å²) in [6.45, 7) is 13.3. The number of hydrogen-bond donors (Lipinski definition) is 0. The molecule has 0 saturated heterocycles. The Balaban J connectivity index is 2.54. The molecule has 6 heteroatoms. The van der Waals surface area contributed by atoms with Crippen molar-refractivity contribution in [3.63, 3.8) is 0 Å². The van der Waals surface area contributed by atoms with Crippen LogP contribution in [0.2, 0.25) is 18.1 Å². The highest BCUT2D eigenvalue weighted by Gasteiger charge is 2.36. The summed E-state index contributed by atoms with van der Waals surface area (Å²) in [5.41, 5.74) is 1.06. The summed E-state index contributed by atoms with van der Waals surface area (Å²) < 4.78 is 30.4. The van der Waals surface area contributed by atoms with Crippen molar-refractivity contribution < 1.29 is 12.8 Å². The van der Waals surface area contributed by atoms with Gasteiger partial charge >= 0.3 is 0 Å². The average molecular weight is 347 g/mol. The number of rotatable bonds is 6. The summed E-state index contributed by atoms with van der Waals surface area (Å²) in [6, 6.07) is 6.96. The van der Waals surface area contributed by atoms with Gasteiger partial charge in [-0.15, -0.1) is 0 Å². The van der Waals surface area contributed by atoms with E-state index >= 15 is 0 Å². The van der Waals surface area contributed by atoms with E-state index in [4.69, 9.17) is 4.43 Å². The molecule has 0 aliphatic heterocycles. The maximum atomic E-state index is 12.2. The van der Waals surface area contributed by atoms with Crippen LogP contribution in [-0.2, 0) is 13.3 Å². The van der Waals surface area contributed by atoms with Crippen molar-refractivity contribution in [1.82, 2.24) is 0 Å². The second kappa shape index (κ2) is 6.85. The average Bonchev–Trinajstić information content (AvgIpc) is 2.34. The third kappa shape index (κ3) is 5.43. The van der Waals surface area contributed by atoms with Crippen LogP contribution in [0.15, 0.2) is 29.2 Å². The van der Waals surface area contributed by atoms with Gasteiger partial charge in [-0.2, -0.15) is 0 Å². The molecule has 0 N–H and O–H groups in total. The lowest BCUT2D eigenvalue weighted by Crippen LogP contribution is -2.41. The van der Waals surface area contributed by atoms with E-state index < -0.39 is 17.2 Å². The van der Waals surface area contributed by atoms with E-state index in [0.29, 0.717) is 17.3 Å². The Morgan fingerprint density at radius 2 is 1.67 bits per heavy atom. The predicted octanol–water partition coefficient (Wildman–Crippen LogP) is 4.44. The van der Waals surface area contributed by atoms with Gasteiger partial charge < -0.3 is 4.43 Å². The molecule has 0 aliphatic rings. The second-order valence-electron chi connectivity index (χ2n) is 6.70. The highest BCUT2D eigenvalue weighted by atomic mass is 33.1. The molecular weight excluding hydrogens is 320 g/mol. The van der Waals surface area contributed by atoms with Crippen molar-refractivity contribution in [3.05, 3.63) is 29.8 Å². The van der Waals surface area contributed by atoms with Crippen molar-refractivity contribution in [2.24, 2.45) is 0 Å². The molecule has 0 bridgehead atoms. The van der Waals surface area contributed by atoms with Crippen LogP contribution in [0, 0.1) is 6.92 Å². The van der Waals surface area contributed by atoms with E-state index in [2.05, 4.69) is 33.9 Å². The summed E-state index contributed by atoms with van der Waals surface area (Å²) in [5, 5.41) is 0.146. The van der Waals surface area contributed by atoms with Gasteiger partial charge in [0.15, 0.2) is 8.32 Å². The highest BCUT2D eigenvalue weighted by Crippen LogP contribution is 2.36. The minimum absolute atomic E-state index is 0.146. The summed E-state index contributed by atoms with van der Waals surface area (Å²) in [7, 11) is -4.12. The third-order valence-corrected chi connectivity index (χ3v) is 11.9. The molecule has 0 unspecified atom stereocenters. The van der Waals surface area contributed by atoms with Crippen LogP contribution in [0.25, 0.3) is 0 Å². The third-order valence-electron chi connectivity index (χ3n) is 3.90. The largest absolute Gasteiger partial charge is 0.416 e. The highest BCUT2D eigenvalue weighted by molar-refractivity contribution is 8.72. The zero-order valence-corrected chi connectivity index (χ0v) is 16.4.